The number of fused-ring (bicyclic) bond motifs is 1. The summed E-state index contributed by atoms with van der Waals surface area (Å²) in [4.78, 5) is 23.7. The molecular weight excluding hydrogens is 282 g/mol. The van der Waals surface area contributed by atoms with Crippen LogP contribution in [0.15, 0.2) is 42.5 Å². The van der Waals surface area contributed by atoms with Gasteiger partial charge in [-0.15, -0.1) is 0 Å². The zero-order valence-electron chi connectivity index (χ0n) is 12.0. The molecule has 0 radical (unpaired) electrons. The molecule has 5 heteroatoms. The van der Waals surface area contributed by atoms with Crippen molar-refractivity contribution in [3.05, 3.63) is 64.7 Å². The number of hydrogen-bond donors (Lipinski definition) is 2. The van der Waals surface area contributed by atoms with Crippen LogP contribution in [0.1, 0.15) is 33.2 Å². The van der Waals surface area contributed by atoms with Gasteiger partial charge in [0.05, 0.1) is 11.3 Å². The second-order valence-corrected chi connectivity index (χ2v) is 5.23. The predicted octanol–water partition coefficient (Wildman–Crippen LogP) is 2.34. The maximum atomic E-state index is 12.2. The minimum Gasteiger partial charge on any atom is -0.457 e. The zero-order chi connectivity index (χ0) is 15.7. The molecule has 2 N–H and O–H groups in total. The van der Waals surface area contributed by atoms with E-state index in [2.05, 4.69) is 5.32 Å². The van der Waals surface area contributed by atoms with Crippen LogP contribution in [0.4, 0.5) is 5.69 Å². The van der Waals surface area contributed by atoms with Gasteiger partial charge in [0.25, 0.3) is 5.91 Å². The summed E-state index contributed by atoms with van der Waals surface area (Å²) < 4.78 is 5.29. The number of aliphatic hydroxyl groups is 1. The molecule has 0 saturated carbocycles. The molecule has 22 heavy (non-hydrogen) atoms. The number of para-hydroxylation sites is 1. The van der Waals surface area contributed by atoms with Crippen molar-refractivity contribution in [2.75, 3.05) is 5.32 Å². The van der Waals surface area contributed by atoms with Crippen molar-refractivity contribution in [1.29, 1.82) is 0 Å². The molecule has 1 aliphatic heterocycles. The molecular formula is C17H15NO4. The summed E-state index contributed by atoms with van der Waals surface area (Å²) >= 11 is 0. The van der Waals surface area contributed by atoms with Gasteiger partial charge < -0.3 is 15.2 Å². The minimum absolute atomic E-state index is 0.153. The minimum atomic E-state index is -1.24. The molecule has 2 aromatic carbocycles. The highest BCUT2D eigenvalue weighted by atomic mass is 16.5. The van der Waals surface area contributed by atoms with Gasteiger partial charge in [-0.25, -0.2) is 4.79 Å². The topological polar surface area (TPSA) is 75.6 Å². The fourth-order valence-corrected chi connectivity index (χ4v) is 2.47. The highest BCUT2D eigenvalue weighted by Gasteiger charge is 2.32. The Hall–Kier alpha value is -2.66. The SMILES string of the molecule is Cc1cccc(COC(=O)c2cccc3c2NC(=O)[C@@H]3O)c1. The van der Waals surface area contributed by atoms with Gasteiger partial charge >= 0.3 is 5.97 Å². The average Bonchev–Trinajstić information content (AvgIpc) is 2.80. The molecule has 0 spiro atoms. The van der Waals surface area contributed by atoms with Gasteiger partial charge in [0.1, 0.15) is 6.61 Å². The highest BCUT2D eigenvalue weighted by Crippen LogP contribution is 2.33. The summed E-state index contributed by atoms with van der Waals surface area (Å²) in [5.74, 6) is -1.07. The predicted molar refractivity (Wildman–Crippen MR) is 80.3 cm³/mol. The Morgan fingerprint density at radius 3 is 2.82 bits per heavy atom. The van der Waals surface area contributed by atoms with Crippen molar-refractivity contribution in [2.24, 2.45) is 0 Å². The molecule has 1 atom stereocenters. The van der Waals surface area contributed by atoms with Crippen LogP contribution < -0.4 is 5.32 Å². The maximum absolute atomic E-state index is 12.2. The van der Waals surface area contributed by atoms with E-state index in [0.29, 0.717) is 11.3 Å². The van der Waals surface area contributed by atoms with Crippen LogP contribution in [-0.4, -0.2) is 17.0 Å². The van der Waals surface area contributed by atoms with E-state index in [1.807, 2.05) is 31.2 Å². The molecule has 0 fully saturated rings. The summed E-state index contributed by atoms with van der Waals surface area (Å²) in [7, 11) is 0. The molecule has 0 bridgehead atoms. The van der Waals surface area contributed by atoms with Gasteiger partial charge in [-0.05, 0) is 18.6 Å². The van der Waals surface area contributed by atoms with E-state index in [9.17, 15) is 14.7 Å². The summed E-state index contributed by atoms with van der Waals surface area (Å²) in [6, 6.07) is 12.5. The quantitative estimate of drug-likeness (QED) is 0.853. The molecule has 112 valence electrons. The molecule has 3 rings (SSSR count). The smallest absolute Gasteiger partial charge is 0.340 e. The Morgan fingerprint density at radius 2 is 2.05 bits per heavy atom. The molecule has 2 aromatic rings. The van der Waals surface area contributed by atoms with Crippen molar-refractivity contribution in [1.82, 2.24) is 0 Å². The lowest BCUT2D eigenvalue weighted by Crippen LogP contribution is -2.12. The summed E-state index contributed by atoms with van der Waals surface area (Å²) in [5.41, 5.74) is 2.95. The lowest BCUT2D eigenvalue weighted by atomic mass is 10.1. The Bertz CT molecular complexity index is 754. The van der Waals surface area contributed by atoms with Crippen LogP contribution in [-0.2, 0) is 16.1 Å². The van der Waals surface area contributed by atoms with E-state index < -0.39 is 18.0 Å². The Labute approximate surface area is 127 Å². The van der Waals surface area contributed by atoms with E-state index in [1.54, 1.807) is 18.2 Å². The molecule has 0 aromatic heterocycles. The zero-order valence-corrected chi connectivity index (χ0v) is 12.0. The van der Waals surface area contributed by atoms with Crippen LogP contribution in [0.2, 0.25) is 0 Å². The van der Waals surface area contributed by atoms with Gasteiger partial charge in [0, 0.05) is 5.56 Å². The van der Waals surface area contributed by atoms with Crippen molar-refractivity contribution in [3.8, 4) is 0 Å². The number of aliphatic hydroxyl groups excluding tert-OH is 1. The van der Waals surface area contributed by atoms with E-state index in [4.69, 9.17) is 4.74 Å². The fourth-order valence-electron chi connectivity index (χ4n) is 2.47. The maximum Gasteiger partial charge on any atom is 0.340 e. The number of hydrogen-bond acceptors (Lipinski definition) is 4. The summed E-state index contributed by atoms with van der Waals surface area (Å²) in [5, 5.41) is 12.2. The number of anilines is 1. The summed E-state index contributed by atoms with van der Waals surface area (Å²) in [6.45, 7) is 2.12. The standard InChI is InChI=1S/C17H15NO4/c1-10-4-2-5-11(8-10)9-22-17(21)13-7-3-6-12-14(13)18-16(20)15(12)19/h2-8,15,19H,9H2,1H3,(H,18,20)/t15-/m1/s1. The fraction of sp³-hybridized carbons (Fsp3) is 0.176. The second kappa shape index (κ2) is 5.61. The number of carbonyl (C=O) groups is 2. The van der Waals surface area contributed by atoms with E-state index >= 15 is 0 Å². The van der Waals surface area contributed by atoms with Crippen LogP contribution in [0.3, 0.4) is 0 Å². The number of rotatable bonds is 3. The van der Waals surface area contributed by atoms with Crippen LogP contribution in [0.5, 0.6) is 0 Å². The molecule has 1 amide bonds. The number of carbonyl (C=O) groups excluding carboxylic acids is 2. The molecule has 1 heterocycles. The van der Waals surface area contributed by atoms with Gasteiger partial charge in [0.15, 0.2) is 6.10 Å². The second-order valence-electron chi connectivity index (χ2n) is 5.23. The van der Waals surface area contributed by atoms with Gasteiger partial charge in [-0.1, -0.05) is 42.0 Å². The monoisotopic (exact) mass is 297 g/mol. The van der Waals surface area contributed by atoms with E-state index in [0.717, 1.165) is 11.1 Å². The van der Waals surface area contributed by atoms with Crippen LogP contribution in [0.25, 0.3) is 0 Å². The molecule has 0 saturated heterocycles. The Balaban J connectivity index is 1.78. The number of benzene rings is 2. The van der Waals surface area contributed by atoms with E-state index in [-0.39, 0.29) is 12.2 Å². The largest absolute Gasteiger partial charge is 0.457 e. The molecule has 0 unspecified atom stereocenters. The van der Waals surface area contributed by atoms with Crippen LogP contribution >= 0.6 is 0 Å². The average molecular weight is 297 g/mol. The molecule has 1 aliphatic rings. The number of aryl methyl sites for hydroxylation is 1. The van der Waals surface area contributed by atoms with Crippen molar-refractivity contribution in [3.63, 3.8) is 0 Å². The number of ether oxygens (including phenoxy) is 1. The van der Waals surface area contributed by atoms with Crippen LogP contribution in [0, 0.1) is 6.92 Å². The number of nitrogens with one attached hydrogen (secondary N) is 1. The first-order valence-corrected chi connectivity index (χ1v) is 6.91. The third-order valence-corrected chi connectivity index (χ3v) is 3.56. The van der Waals surface area contributed by atoms with Crippen molar-refractivity contribution >= 4 is 17.6 Å². The first-order valence-electron chi connectivity index (χ1n) is 6.91. The normalized spacial score (nSPS) is 16.1. The first kappa shape index (κ1) is 14.3. The van der Waals surface area contributed by atoms with Crippen molar-refractivity contribution < 1.29 is 19.4 Å². The molecule has 0 aliphatic carbocycles. The lowest BCUT2D eigenvalue weighted by molar-refractivity contribution is -0.123. The van der Waals surface area contributed by atoms with E-state index in [1.165, 1.54) is 0 Å². The lowest BCUT2D eigenvalue weighted by Gasteiger charge is -2.09. The number of esters is 1. The highest BCUT2D eigenvalue weighted by molar-refractivity contribution is 6.08. The summed E-state index contributed by atoms with van der Waals surface area (Å²) in [6.07, 6.45) is -1.24. The van der Waals surface area contributed by atoms with Crippen molar-refractivity contribution in [2.45, 2.75) is 19.6 Å². The third-order valence-electron chi connectivity index (χ3n) is 3.56. The molecule has 5 nitrogen and oxygen atoms in total. The van der Waals surface area contributed by atoms with Gasteiger partial charge in [-0.2, -0.15) is 0 Å². The first-order chi connectivity index (χ1) is 10.6. The van der Waals surface area contributed by atoms with Gasteiger partial charge in [0.2, 0.25) is 0 Å². The Kier molecular flexibility index (Phi) is 3.65. The number of amides is 1. The Morgan fingerprint density at radius 1 is 1.27 bits per heavy atom. The third kappa shape index (κ3) is 2.58. The van der Waals surface area contributed by atoms with Gasteiger partial charge in [-0.3, -0.25) is 4.79 Å².